The first-order chi connectivity index (χ1) is 9.93. The molecule has 0 unspecified atom stereocenters. The number of hydrogen-bond acceptors (Lipinski definition) is 3. The van der Waals surface area contributed by atoms with E-state index in [2.05, 4.69) is 37.0 Å². The molecule has 0 saturated heterocycles. The molecule has 7 heteroatoms. The molecule has 0 aliphatic rings. The summed E-state index contributed by atoms with van der Waals surface area (Å²) in [5.74, 6) is -0.496. The number of nitrogens with zero attached hydrogens (tertiary/aromatic N) is 2. The van der Waals surface area contributed by atoms with Gasteiger partial charge in [0.2, 0.25) is 0 Å². The molecule has 2 aromatic rings. The summed E-state index contributed by atoms with van der Waals surface area (Å²) in [5, 5.41) is 13.5. The quantitative estimate of drug-likeness (QED) is 0.803. The molecular weight excluding hydrogens is 404 g/mol. The van der Waals surface area contributed by atoms with Crippen LogP contribution in [0.25, 0.3) is 0 Å². The second kappa shape index (κ2) is 6.62. The molecule has 0 saturated carbocycles. The van der Waals surface area contributed by atoms with Crippen molar-refractivity contribution in [2.24, 2.45) is 7.05 Å². The Kier molecular flexibility index (Phi) is 5.05. The third kappa shape index (κ3) is 3.47. The fraction of sp³-hybridized carbons (Fsp3) is 0.286. The van der Waals surface area contributed by atoms with Crippen LogP contribution < -0.4 is 4.74 Å². The van der Waals surface area contributed by atoms with Crippen molar-refractivity contribution in [1.82, 2.24) is 9.78 Å². The average molecular weight is 418 g/mol. The number of rotatable bonds is 5. The van der Waals surface area contributed by atoms with Gasteiger partial charge in [0.05, 0.1) is 21.4 Å². The van der Waals surface area contributed by atoms with E-state index in [9.17, 15) is 4.79 Å². The number of carboxylic acids is 1. The van der Waals surface area contributed by atoms with Crippen molar-refractivity contribution in [3.05, 3.63) is 44.1 Å². The van der Waals surface area contributed by atoms with Gasteiger partial charge >= 0.3 is 5.97 Å². The fourth-order valence-electron chi connectivity index (χ4n) is 1.89. The summed E-state index contributed by atoms with van der Waals surface area (Å²) < 4.78 is 8.90. The summed E-state index contributed by atoms with van der Waals surface area (Å²) in [4.78, 5) is 11.1. The molecule has 5 nitrogen and oxygen atoms in total. The molecule has 1 aromatic carbocycles. The Morgan fingerprint density at radius 2 is 2.14 bits per heavy atom. The molecule has 21 heavy (non-hydrogen) atoms. The lowest BCUT2D eigenvalue weighted by molar-refractivity contribution is 0.0695. The van der Waals surface area contributed by atoms with E-state index in [1.54, 1.807) is 16.8 Å². The highest BCUT2D eigenvalue weighted by atomic mass is 79.9. The van der Waals surface area contributed by atoms with Crippen LogP contribution in [0.1, 0.15) is 28.7 Å². The summed E-state index contributed by atoms with van der Waals surface area (Å²) in [7, 11) is 1.85. The van der Waals surface area contributed by atoms with E-state index in [1.807, 2.05) is 14.0 Å². The zero-order valence-corrected chi connectivity index (χ0v) is 14.7. The zero-order valence-electron chi connectivity index (χ0n) is 11.6. The summed E-state index contributed by atoms with van der Waals surface area (Å²) in [5.41, 5.74) is 2.05. The summed E-state index contributed by atoms with van der Waals surface area (Å²) in [6, 6.07) is 4.88. The molecule has 112 valence electrons. The third-order valence-electron chi connectivity index (χ3n) is 3.05. The SMILES string of the molecule is CCc1nn(C)c(COc2ccc(Br)c(C(=O)O)c2)c1Br. The molecule has 0 fully saturated rings. The predicted octanol–water partition coefficient (Wildman–Crippen LogP) is 3.78. The molecule has 1 N–H and O–H groups in total. The Bertz CT molecular complexity index is 683. The topological polar surface area (TPSA) is 64.4 Å². The lowest BCUT2D eigenvalue weighted by atomic mass is 10.2. The summed E-state index contributed by atoms with van der Waals surface area (Å²) in [6.45, 7) is 2.34. The number of carboxylic acid groups (broad SMARTS) is 1. The Labute approximate surface area is 139 Å². The summed E-state index contributed by atoms with van der Waals surface area (Å²) in [6.07, 6.45) is 0.829. The van der Waals surface area contributed by atoms with Gasteiger partial charge in [-0.05, 0) is 56.5 Å². The van der Waals surface area contributed by atoms with Gasteiger partial charge in [0.1, 0.15) is 12.4 Å². The van der Waals surface area contributed by atoms with Crippen LogP contribution in [0.3, 0.4) is 0 Å². The largest absolute Gasteiger partial charge is 0.487 e. The normalized spacial score (nSPS) is 10.7. The molecule has 1 aromatic heterocycles. The van der Waals surface area contributed by atoms with Crippen LogP contribution in [-0.2, 0) is 20.1 Å². The van der Waals surface area contributed by atoms with Crippen LogP contribution in [0.2, 0.25) is 0 Å². The Hall–Kier alpha value is -1.34. The van der Waals surface area contributed by atoms with Crippen LogP contribution in [0.15, 0.2) is 27.1 Å². The number of hydrogen-bond donors (Lipinski definition) is 1. The minimum atomic E-state index is -0.998. The molecule has 0 aliphatic heterocycles. The molecule has 0 radical (unpaired) electrons. The van der Waals surface area contributed by atoms with E-state index in [0.717, 1.165) is 22.3 Å². The average Bonchev–Trinajstić information content (AvgIpc) is 2.72. The number of aromatic carboxylic acids is 1. The second-order valence-corrected chi connectivity index (χ2v) is 6.07. The Balaban J connectivity index is 2.19. The maximum atomic E-state index is 11.1. The first kappa shape index (κ1) is 16.0. The minimum absolute atomic E-state index is 0.172. The van der Waals surface area contributed by atoms with Gasteiger partial charge in [-0.1, -0.05) is 6.92 Å². The zero-order chi connectivity index (χ0) is 15.6. The van der Waals surface area contributed by atoms with Crippen molar-refractivity contribution in [2.75, 3.05) is 0 Å². The van der Waals surface area contributed by atoms with E-state index in [-0.39, 0.29) is 5.56 Å². The van der Waals surface area contributed by atoms with Gasteiger partial charge in [-0.25, -0.2) is 4.79 Å². The van der Waals surface area contributed by atoms with Gasteiger partial charge in [-0.15, -0.1) is 0 Å². The second-order valence-electron chi connectivity index (χ2n) is 4.42. The minimum Gasteiger partial charge on any atom is -0.487 e. The fourth-order valence-corrected chi connectivity index (χ4v) is 3.03. The van der Waals surface area contributed by atoms with Gasteiger partial charge in [0.15, 0.2) is 0 Å². The van der Waals surface area contributed by atoms with E-state index in [4.69, 9.17) is 9.84 Å². The van der Waals surface area contributed by atoms with E-state index < -0.39 is 5.97 Å². The number of benzene rings is 1. The first-order valence-corrected chi connectivity index (χ1v) is 7.88. The first-order valence-electron chi connectivity index (χ1n) is 6.30. The predicted molar refractivity (Wildman–Crippen MR) is 85.7 cm³/mol. The Morgan fingerprint density at radius 3 is 2.71 bits per heavy atom. The molecule has 0 bridgehead atoms. The van der Waals surface area contributed by atoms with Gasteiger partial charge in [-0.3, -0.25) is 4.68 Å². The number of ether oxygens (including phenoxy) is 1. The van der Waals surface area contributed by atoms with Crippen molar-refractivity contribution >= 4 is 37.8 Å². The van der Waals surface area contributed by atoms with Crippen molar-refractivity contribution in [1.29, 1.82) is 0 Å². The van der Waals surface area contributed by atoms with Gasteiger partial charge < -0.3 is 9.84 Å². The van der Waals surface area contributed by atoms with Crippen molar-refractivity contribution in [3.8, 4) is 5.75 Å². The highest BCUT2D eigenvalue weighted by Crippen LogP contribution is 2.26. The Morgan fingerprint density at radius 1 is 1.43 bits per heavy atom. The molecule has 0 aliphatic carbocycles. The van der Waals surface area contributed by atoms with Crippen molar-refractivity contribution in [2.45, 2.75) is 20.0 Å². The van der Waals surface area contributed by atoms with Crippen LogP contribution in [0, 0.1) is 0 Å². The molecular formula is C14H14Br2N2O3. The molecule has 0 spiro atoms. The van der Waals surface area contributed by atoms with Crippen LogP contribution in [0.5, 0.6) is 5.75 Å². The van der Waals surface area contributed by atoms with Crippen molar-refractivity contribution in [3.63, 3.8) is 0 Å². The molecule has 0 amide bonds. The number of aryl methyl sites for hydroxylation is 2. The van der Waals surface area contributed by atoms with Crippen LogP contribution in [0.4, 0.5) is 0 Å². The highest BCUT2D eigenvalue weighted by Gasteiger charge is 2.14. The molecule has 2 rings (SSSR count). The molecule has 0 atom stereocenters. The number of carbonyl (C=O) groups is 1. The maximum Gasteiger partial charge on any atom is 0.336 e. The van der Waals surface area contributed by atoms with Crippen molar-refractivity contribution < 1.29 is 14.6 Å². The summed E-state index contributed by atoms with van der Waals surface area (Å²) >= 11 is 6.73. The van der Waals surface area contributed by atoms with Gasteiger partial charge in [-0.2, -0.15) is 5.10 Å². The van der Waals surface area contributed by atoms with E-state index in [1.165, 1.54) is 6.07 Å². The smallest absolute Gasteiger partial charge is 0.336 e. The van der Waals surface area contributed by atoms with Gasteiger partial charge in [0.25, 0.3) is 0 Å². The number of aromatic nitrogens is 2. The lowest BCUT2D eigenvalue weighted by Gasteiger charge is -2.08. The monoisotopic (exact) mass is 416 g/mol. The van der Waals surface area contributed by atoms with Crippen LogP contribution >= 0.6 is 31.9 Å². The van der Waals surface area contributed by atoms with Gasteiger partial charge in [0, 0.05) is 11.5 Å². The number of halogens is 2. The lowest BCUT2D eigenvalue weighted by Crippen LogP contribution is -2.05. The highest BCUT2D eigenvalue weighted by molar-refractivity contribution is 9.10. The standard InChI is InChI=1S/C14H14Br2N2O3/c1-3-11-13(16)12(18(2)17-11)7-21-8-4-5-10(15)9(6-8)14(19)20/h4-6H,3,7H2,1-2H3,(H,19,20). The molecule has 1 heterocycles. The van der Waals surface area contributed by atoms with E-state index in [0.29, 0.717) is 16.8 Å². The maximum absolute atomic E-state index is 11.1. The van der Waals surface area contributed by atoms with Crippen LogP contribution in [-0.4, -0.2) is 20.9 Å². The third-order valence-corrected chi connectivity index (χ3v) is 4.65. The van der Waals surface area contributed by atoms with E-state index >= 15 is 0 Å².